The van der Waals surface area contributed by atoms with Crippen LogP contribution in [0.5, 0.6) is 0 Å². The molecule has 2 aromatic carbocycles. The quantitative estimate of drug-likeness (QED) is 0.725. The molecule has 0 fully saturated rings. The van der Waals surface area contributed by atoms with Gasteiger partial charge in [-0.15, -0.1) is 0 Å². The lowest BCUT2D eigenvalue weighted by atomic mass is 9.71. The van der Waals surface area contributed by atoms with Gasteiger partial charge in [-0.05, 0) is 45.1 Å². The smallest absolute Gasteiger partial charge is 0.336 e. The Morgan fingerprint density at radius 2 is 1.60 bits per heavy atom. The number of aromatic carboxylic acids is 1. The Kier molecular flexibility index (Phi) is 4.10. The predicted molar refractivity (Wildman–Crippen MR) is 104 cm³/mol. The monoisotopic (exact) mass is 334 g/mol. The van der Waals surface area contributed by atoms with E-state index in [0.29, 0.717) is 11.5 Å². The number of carboxylic acids is 1. The minimum Gasteiger partial charge on any atom is -0.478 e. The summed E-state index contributed by atoms with van der Waals surface area (Å²) in [7, 11) is 0. The lowest BCUT2D eigenvalue weighted by molar-refractivity contribution is 0.0696. The van der Waals surface area contributed by atoms with Crippen molar-refractivity contribution < 1.29 is 9.90 Å². The molecule has 0 spiro atoms. The molecule has 130 valence electrons. The normalized spacial score (nSPS) is 20.6. The molecular weight excluding hydrogens is 308 g/mol. The molecule has 0 aromatic heterocycles. The number of carbonyl (C=O) groups is 1. The Bertz CT molecular complexity index is 856. The lowest BCUT2D eigenvalue weighted by Gasteiger charge is -2.32. The molecule has 0 heterocycles. The standard InChI is InChI=1S/C23H26O2/c1-15-22(2,3)19-13-11-16(14-20(19)23(15,4)5)10-12-17-8-6-7-9-18(17)21(24)25/h6-15H,1-5H3,(H,24,25)/b12-10+. The van der Waals surface area contributed by atoms with E-state index in [2.05, 4.69) is 52.8 Å². The molecule has 0 saturated heterocycles. The summed E-state index contributed by atoms with van der Waals surface area (Å²) in [5, 5.41) is 9.31. The summed E-state index contributed by atoms with van der Waals surface area (Å²) in [4.78, 5) is 11.3. The van der Waals surface area contributed by atoms with E-state index in [1.54, 1.807) is 12.1 Å². The Balaban J connectivity index is 2.00. The van der Waals surface area contributed by atoms with Gasteiger partial charge in [-0.3, -0.25) is 0 Å². The molecule has 0 saturated carbocycles. The van der Waals surface area contributed by atoms with Crippen LogP contribution in [0.15, 0.2) is 42.5 Å². The number of benzene rings is 2. The van der Waals surface area contributed by atoms with Crippen LogP contribution >= 0.6 is 0 Å². The third kappa shape index (κ3) is 2.80. The van der Waals surface area contributed by atoms with Gasteiger partial charge < -0.3 is 5.11 Å². The number of carboxylic acid groups (broad SMARTS) is 1. The topological polar surface area (TPSA) is 37.3 Å². The second-order valence-corrected chi connectivity index (χ2v) is 8.20. The molecule has 1 aliphatic rings. The van der Waals surface area contributed by atoms with E-state index in [1.807, 2.05) is 24.3 Å². The van der Waals surface area contributed by atoms with Crippen molar-refractivity contribution in [3.63, 3.8) is 0 Å². The first kappa shape index (κ1) is 17.5. The average molecular weight is 334 g/mol. The van der Waals surface area contributed by atoms with Gasteiger partial charge in [0.15, 0.2) is 0 Å². The highest BCUT2D eigenvalue weighted by molar-refractivity contribution is 5.93. The summed E-state index contributed by atoms with van der Waals surface area (Å²) in [5.41, 5.74) is 5.28. The van der Waals surface area contributed by atoms with Gasteiger partial charge in [0, 0.05) is 0 Å². The Morgan fingerprint density at radius 1 is 0.960 bits per heavy atom. The third-order valence-corrected chi connectivity index (χ3v) is 6.24. The van der Waals surface area contributed by atoms with Crippen LogP contribution in [-0.4, -0.2) is 11.1 Å². The fourth-order valence-electron chi connectivity index (χ4n) is 4.15. The van der Waals surface area contributed by atoms with Crippen LogP contribution in [0.2, 0.25) is 0 Å². The molecule has 0 radical (unpaired) electrons. The molecule has 1 atom stereocenters. The van der Waals surface area contributed by atoms with E-state index in [4.69, 9.17) is 0 Å². The van der Waals surface area contributed by atoms with Crippen molar-refractivity contribution in [2.75, 3.05) is 0 Å². The second kappa shape index (κ2) is 5.87. The molecule has 2 aromatic rings. The maximum absolute atomic E-state index is 11.3. The van der Waals surface area contributed by atoms with Gasteiger partial charge in [-0.1, -0.05) is 83.2 Å². The SMILES string of the molecule is CC1C(C)(C)c2ccc(/C=C/c3ccccc3C(=O)O)cc2C1(C)C. The van der Waals surface area contributed by atoms with Crippen molar-refractivity contribution in [1.82, 2.24) is 0 Å². The third-order valence-electron chi connectivity index (χ3n) is 6.24. The predicted octanol–water partition coefficient (Wildman–Crippen LogP) is 5.76. The van der Waals surface area contributed by atoms with Crippen molar-refractivity contribution in [3.8, 4) is 0 Å². The molecule has 2 nitrogen and oxygen atoms in total. The van der Waals surface area contributed by atoms with Crippen molar-refractivity contribution in [1.29, 1.82) is 0 Å². The minimum absolute atomic E-state index is 0.127. The first-order valence-corrected chi connectivity index (χ1v) is 8.81. The first-order valence-electron chi connectivity index (χ1n) is 8.81. The Hall–Kier alpha value is -2.35. The zero-order chi connectivity index (χ0) is 18.4. The highest BCUT2D eigenvalue weighted by Crippen LogP contribution is 2.53. The summed E-state index contributed by atoms with van der Waals surface area (Å²) in [6.45, 7) is 11.6. The largest absolute Gasteiger partial charge is 0.478 e. The van der Waals surface area contributed by atoms with Gasteiger partial charge in [0.2, 0.25) is 0 Å². The first-order chi connectivity index (χ1) is 11.7. The summed E-state index contributed by atoms with van der Waals surface area (Å²) in [5.74, 6) is -0.340. The van der Waals surface area contributed by atoms with E-state index in [-0.39, 0.29) is 10.8 Å². The maximum atomic E-state index is 11.3. The molecule has 1 unspecified atom stereocenters. The van der Waals surface area contributed by atoms with Crippen LogP contribution in [-0.2, 0) is 10.8 Å². The molecule has 2 heteroatoms. The van der Waals surface area contributed by atoms with Crippen LogP contribution in [0.4, 0.5) is 0 Å². The summed E-state index contributed by atoms with van der Waals surface area (Å²) in [6, 6.07) is 13.7. The van der Waals surface area contributed by atoms with Crippen molar-refractivity contribution in [2.45, 2.75) is 45.4 Å². The van der Waals surface area contributed by atoms with Crippen LogP contribution < -0.4 is 0 Å². The molecule has 3 rings (SSSR count). The van der Waals surface area contributed by atoms with Crippen LogP contribution in [0.25, 0.3) is 12.2 Å². The summed E-state index contributed by atoms with van der Waals surface area (Å²) < 4.78 is 0. The van der Waals surface area contributed by atoms with Crippen molar-refractivity contribution in [2.24, 2.45) is 5.92 Å². The minimum atomic E-state index is -0.897. The van der Waals surface area contributed by atoms with Gasteiger partial charge >= 0.3 is 5.97 Å². The Labute approximate surface area is 150 Å². The summed E-state index contributed by atoms with van der Waals surface area (Å²) in [6.07, 6.45) is 3.90. The fraction of sp³-hybridized carbons (Fsp3) is 0.348. The molecule has 1 aliphatic carbocycles. The highest BCUT2D eigenvalue weighted by Gasteiger charge is 2.48. The zero-order valence-electron chi connectivity index (χ0n) is 15.6. The van der Waals surface area contributed by atoms with E-state index in [1.165, 1.54) is 11.1 Å². The van der Waals surface area contributed by atoms with Gasteiger partial charge in [-0.25, -0.2) is 4.79 Å². The van der Waals surface area contributed by atoms with Crippen molar-refractivity contribution in [3.05, 3.63) is 70.3 Å². The highest BCUT2D eigenvalue weighted by atomic mass is 16.4. The number of rotatable bonds is 3. The van der Waals surface area contributed by atoms with Gasteiger partial charge in [0.1, 0.15) is 0 Å². The number of hydrogen-bond acceptors (Lipinski definition) is 1. The number of hydrogen-bond donors (Lipinski definition) is 1. The van der Waals surface area contributed by atoms with Crippen molar-refractivity contribution >= 4 is 18.1 Å². The van der Waals surface area contributed by atoms with E-state index in [9.17, 15) is 9.90 Å². The fourth-order valence-corrected chi connectivity index (χ4v) is 4.15. The van der Waals surface area contributed by atoms with E-state index >= 15 is 0 Å². The van der Waals surface area contributed by atoms with E-state index < -0.39 is 5.97 Å². The maximum Gasteiger partial charge on any atom is 0.336 e. The van der Waals surface area contributed by atoms with Gasteiger partial charge in [-0.2, -0.15) is 0 Å². The molecule has 0 bridgehead atoms. The molecule has 0 aliphatic heterocycles. The van der Waals surface area contributed by atoms with Crippen LogP contribution in [0.1, 0.15) is 67.2 Å². The molecule has 0 amide bonds. The molecule has 25 heavy (non-hydrogen) atoms. The average Bonchev–Trinajstić information content (AvgIpc) is 2.71. The van der Waals surface area contributed by atoms with Crippen LogP contribution in [0.3, 0.4) is 0 Å². The molecule has 1 N–H and O–H groups in total. The van der Waals surface area contributed by atoms with Gasteiger partial charge in [0.25, 0.3) is 0 Å². The Morgan fingerprint density at radius 3 is 2.28 bits per heavy atom. The second-order valence-electron chi connectivity index (χ2n) is 8.20. The molecular formula is C23H26O2. The number of fused-ring (bicyclic) bond motifs is 1. The van der Waals surface area contributed by atoms with E-state index in [0.717, 1.165) is 11.1 Å². The summed E-state index contributed by atoms with van der Waals surface area (Å²) >= 11 is 0. The van der Waals surface area contributed by atoms with Gasteiger partial charge in [0.05, 0.1) is 5.56 Å². The van der Waals surface area contributed by atoms with Crippen LogP contribution in [0, 0.1) is 5.92 Å². The lowest BCUT2D eigenvalue weighted by Crippen LogP contribution is -2.30. The zero-order valence-corrected chi connectivity index (χ0v) is 15.6.